The van der Waals surface area contributed by atoms with Crippen LogP contribution >= 0.6 is 0 Å². The minimum atomic E-state index is -4.07. The van der Waals surface area contributed by atoms with Crippen LogP contribution in [0.2, 0.25) is 0 Å². The Bertz CT molecular complexity index is 647. The van der Waals surface area contributed by atoms with Crippen molar-refractivity contribution >= 4 is 16.0 Å². The lowest BCUT2D eigenvalue weighted by atomic mass is 10.3. The van der Waals surface area contributed by atoms with Crippen molar-refractivity contribution in [3.05, 3.63) is 17.9 Å². The zero-order valence-electron chi connectivity index (χ0n) is 13.2. The fourth-order valence-electron chi connectivity index (χ4n) is 1.79. The van der Waals surface area contributed by atoms with Gasteiger partial charge in [0.1, 0.15) is 10.7 Å². The van der Waals surface area contributed by atoms with Crippen LogP contribution in [0, 0.1) is 5.82 Å². The van der Waals surface area contributed by atoms with Crippen molar-refractivity contribution < 1.29 is 31.8 Å². The number of carbonyl (C=O) groups is 1. The van der Waals surface area contributed by atoms with Gasteiger partial charge in [-0.15, -0.1) is 0 Å². The summed E-state index contributed by atoms with van der Waals surface area (Å²) in [4.78, 5) is 10.6. The Hall–Kier alpha value is -1.87. The van der Waals surface area contributed by atoms with E-state index in [4.69, 9.17) is 14.2 Å². The maximum Gasteiger partial charge on any atom is 0.305 e. The van der Waals surface area contributed by atoms with Gasteiger partial charge in [0.15, 0.2) is 11.5 Å². The number of ether oxygens (including phenoxy) is 3. The normalized spacial score (nSPS) is 11.1. The maximum absolute atomic E-state index is 14.0. The number of carbonyl (C=O) groups excluding carboxylic acids is 1. The van der Waals surface area contributed by atoms with Gasteiger partial charge >= 0.3 is 5.97 Å². The lowest BCUT2D eigenvalue weighted by molar-refractivity contribution is -0.143. The number of nitrogens with one attached hydrogen (secondary N) is 1. The van der Waals surface area contributed by atoms with Gasteiger partial charge in [-0.25, -0.2) is 17.5 Å². The van der Waals surface area contributed by atoms with Crippen LogP contribution in [0.5, 0.6) is 11.5 Å². The Labute approximate surface area is 134 Å². The molecule has 1 N–H and O–H groups in total. The summed E-state index contributed by atoms with van der Waals surface area (Å²) in [6.45, 7) is 1.93. The lowest BCUT2D eigenvalue weighted by Crippen LogP contribution is -2.26. The molecule has 7 nitrogen and oxygen atoms in total. The molecule has 0 unspecified atom stereocenters. The molecule has 0 radical (unpaired) electrons. The van der Waals surface area contributed by atoms with Crippen molar-refractivity contribution in [2.24, 2.45) is 0 Å². The molecule has 23 heavy (non-hydrogen) atoms. The molecule has 1 aromatic carbocycles. The summed E-state index contributed by atoms with van der Waals surface area (Å²) >= 11 is 0. The minimum Gasteiger partial charge on any atom is -0.493 e. The summed E-state index contributed by atoms with van der Waals surface area (Å²) < 4.78 is 55.0. The number of sulfonamides is 1. The largest absolute Gasteiger partial charge is 0.493 e. The topological polar surface area (TPSA) is 90.9 Å². The Kier molecular flexibility index (Phi) is 7.24. The summed E-state index contributed by atoms with van der Waals surface area (Å²) in [6.07, 6.45) is 0.317. The van der Waals surface area contributed by atoms with Crippen LogP contribution in [0.4, 0.5) is 4.39 Å². The molecule has 1 rings (SSSR count). The van der Waals surface area contributed by atoms with Gasteiger partial charge in [0.25, 0.3) is 0 Å². The SMILES string of the molecule is CCOC(=O)CCCNS(=O)(=O)c1cc(OC)c(OC)cc1F. The number of benzene rings is 1. The molecule has 0 atom stereocenters. The Morgan fingerprint density at radius 1 is 1.22 bits per heavy atom. The molecule has 1 aromatic rings. The second-order valence-corrected chi connectivity index (χ2v) is 6.18. The van der Waals surface area contributed by atoms with E-state index in [-0.39, 0.29) is 37.5 Å². The highest BCUT2D eigenvalue weighted by atomic mass is 32.2. The first-order chi connectivity index (χ1) is 10.9. The van der Waals surface area contributed by atoms with E-state index >= 15 is 0 Å². The third-order valence-corrected chi connectivity index (χ3v) is 4.36. The standard InChI is InChI=1S/C14H20FNO6S/c1-4-22-14(17)6-5-7-16-23(18,19)13-9-12(21-3)11(20-2)8-10(13)15/h8-9,16H,4-7H2,1-3H3. The summed E-state index contributed by atoms with van der Waals surface area (Å²) in [5.41, 5.74) is 0. The lowest BCUT2D eigenvalue weighted by Gasteiger charge is -2.12. The summed E-state index contributed by atoms with van der Waals surface area (Å²) in [7, 11) is -1.43. The molecule has 0 heterocycles. The van der Waals surface area contributed by atoms with Crippen molar-refractivity contribution in [3.8, 4) is 11.5 Å². The van der Waals surface area contributed by atoms with Gasteiger partial charge in [-0.2, -0.15) is 0 Å². The average molecular weight is 349 g/mol. The van der Waals surface area contributed by atoms with Crippen LogP contribution in [0.3, 0.4) is 0 Å². The first-order valence-electron chi connectivity index (χ1n) is 6.92. The van der Waals surface area contributed by atoms with E-state index in [1.54, 1.807) is 6.92 Å². The van der Waals surface area contributed by atoms with E-state index in [1.807, 2.05) is 0 Å². The molecule has 0 spiro atoms. The zero-order valence-corrected chi connectivity index (χ0v) is 14.0. The summed E-state index contributed by atoms with van der Waals surface area (Å²) in [5, 5.41) is 0. The van der Waals surface area contributed by atoms with Gasteiger partial charge in [-0.1, -0.05) is 0 Å². The summed E-state index contributed by atoms with van der Waals surface area (Å²) in [6, 6.07) is 1.98. The first-order valence-corrected chi connectivity index (χ1v) is 8.40. The number of hydrogen-bond donors (Lipinski definition) is 1. The molecule has 0 aliphatic rings. The number of rotatable bonds is 9. The maximum atomic E-state index is 14.0. The molecular formula is C14H20FNO6S. The van der Waals surface area contributed by atoms with E-state index < -0.39 is 26.7 Å². The van der Waals surface area contributed by atoms with Crippen molar-refractivity contribution in [3.63, 3.8) is 0 Å². The fraction of sp³-hybridized carbons (Fsp3) is 0.500. The zero-order chi connectivity index (χ0) is 17.5. The monoisotopic (exact) mass is 349 g/mol. The number of esters is 1. The van der Waals surface area contributed by atoms with E-state index in [9.17, 15) is 17.6 Å². The first kappa shape index (κ1) is 19.2. The van der Waals surface area contributed by atoms with E-state index in [1.165, 1.54) is 14.2 Å². The van der Waals surface area contributed by atoms with Gasteiger partial charge in [0.05, 0.1) is 20.8 Å². The smallest absolute Gasteiger partial charge is 0.305 e. The number of methoxy groups -OCH3 is 2. The van der Waals surface area contributed by atoms with Crippen LogP contribution in [-0.4, -0.2) is 41.8 Å². The third-order valence-electron chi connectivity index (χ3n) is 2.88. The third kappa shape index (κ3) is 5.36. The van der Waals surface area contributed by atoms with Crippen molar-refractivity contribution in [2.45, 2.75) is 24.7 Å². The molecule has 0 aromatic heterocycles. The fourth-order valence-corrected chi connectivity index (χ4v) is 2.94. The molecule has 0 saturated carbocycles. The van der Waals surface area contributed by atoms with Gasteiger partial charge < -0.3 is 14.2 Å². The molecule has 0 fully saturated rings. The van der Waals surface area contributed by atoms with E-state index in [0.717, 1.165) is 12.1 Å². The molecule has 0 amide bonds. The molecular weight excluding hydrogens is 329 g/mol. The second-order valence-electron chi connectivity index (χ2n) is 4.44. The van der Waals surface area contributed by atoms with Crippen LogP contribution in [0.15, 0.2) is 17.0 Å². The highest BCUT2D eigenvalue weighted by Crippen LogP contribution is 2.31. The van der Waals surface area contributed by atoms with Crippen molar-refractivity contribution in [2.75, 3.05) is 27.4 Å². The van der Waals surface area contributed by atoms with Gasteiger partial charge in [0, 0.05) is 25.1 Å². The quantitative estimate of drug-likeness (QED) is 0.536. The summed E-state index contributed by atoms with van der Waals surface area (Å²) in [5.74, 6) is -1.18. The Balaban J connectivity index is 2.78. The number of hydrogen-bond acceptors (Lipinski definition) is 6. The second kappa shape index (κ2) is 8.68. The molecule has 0 saturated heterocycles. The molecule has 9 heteroatoms. The van der Waals surface area contributed by atoms with Gasteiger partial charge in [-0.05, 0) is 13.3 Å². The van der Waals surface area contributed by atoms with Crippen LogP contribution < -0.4 is 14.2 Å². The Morgan fingerprint density at radius 3 is 2.39 bits per heavy atom. The van der Waals surface area contributed by atoms with Crippen molar-refractivity contribution in [1.82, 2.24) is 4.72 Å². The minimum absolute atomic E-state index is 0.0189. The molecule has 130 valence electrons. The van der Waals surface area contributed by atoms with Gasteiger partial charge in [0.2, 0.25) is 10.0 Å². The predicted octanol–water partition coefficient (Wildman–Crippen LogP) is 1.46. The average Bonchev–Trinajstić information content (AvgIpc) is 2.51. The highest BCUT2D eigenvalue weighted by Gasteiger charge is 2.22. The van der Waals surface area contributed by atoms with Crippen LogP contribution in [-0.2, 0) is 19.6 Å². The van der Waals surface area contributed by atoms with Crippen LogP contribution in [0.1, 0.15) is 19.8 Å². The highest BCUT2D eigenvalue weighted by molar-refractivity contribution is 7.89. The van der Waals surface area contributed by atoms with Crippen molar-refractivity contribution in [1.29, 1.82) is 0 Å². The van der Waals surface area contributed by atoms with E-state index in [0.29, 0.717) is 0 Å². The number of halogens is 1. The molecule has 0 bridgehead atoms. The van der Waals surface area contributed by atoms with Crippen LogP contribution in [0.25, 0.3) is 0 Å². The van der Waals surface area contributed by atoms with Gasteiger partial charge in [-0.3, -0.25) is 4.79 Å². The predicted molar refractivity (Wildman–Crippen MR) is 80.6 cm³/mol. The Morgan fingerprint density at radius 2 is 1.83 bits per heavy atom. The molecule has 0 aliphatic heterocycles. The van der Waals surface area contributed by atoms with E-state index in [2.05, 4.69) is 4.72 Å². The molecule has 0 aliphatic carbocycles.